The van der Waals surface area contributed by atoms with E-state index in [0.29, 0.717) is 17.9 Å². The maximum absolute atomic E-state index is 11.7. The van der Waals surface area contributed by atoms with Crippen molar-refractivity contribution >= 4 is 5.97 Å². The second-order valence-corrected chi connectivity index (χ2v) is 10.0. The number of unbranched alkanes of at least 4 members (excludes halogenated alkanes) is 9. The lowest BCUT2D eigenvalue weighted by atomic mass is 10.1. The molecule has 0 atom stereocenters. The molecule has 3 rings (SSSR count). The number of hydrogen-bond donors (Lipinski definition) is 0. The van der Waals surface area contributed by atoms with Gasteiger partial charge >= 0.3 is 24.0 Å². The fourth-order valence-electron chi connectivity index (χ4n) is 4.19. The van der Waals surface area contributed by atoms with Crippen molar-refractivity contribution in [1.29, 1.82) is 0 Å². The van der Waals surface area contributed by atoms with Gasteiger partial charge in [-0.2, -0.15) is 0 Å². The molecule has 0 saturated heterocycles. The molecule has 42 heavy (non-hydrogen) atoms. The monoisotopic (exact) mass is 577 g/mol. The molecule has 0 radical (unpaired) electrons. The van der Waals surface area contributed by atoms with E-state index in [1.54, 1.807) is 19.1 Å². The number of methoxy groups -OCH3 is 2. The number of ether oxygens (including phenoxy) is 5. The Balaban J connectivity index is 1.16. The van der Waals surface area contributed by atoms with Gasteiger partial charge < -0.3 is 23.7 Å². The number of benzene rings is 2. The number of aromatic nitrogens is 3. The summed E-state index contributed by atoms with van der Waals surface area (Å²) >= 11 is 0. The zero-order valence-corrected chi connectivity index (χ0v) is 25.1. The van der Waals surface area contributed by atoms with Crippen molar-refractivity contribution in [1.82, 2.24) is 15.0 Å². The van der Waals surface area contributed by atoms with Crippen LogP contribution in [0.3, 0.4) is 0 Å². The Kier molecular flexibility index (Phi) is 14.1. The van der Waals surface area contributed by atoms with Crippen molar-refractivity contribution in [3.63, 3.8) is 0 Å². The first-order valence-electron chi connectivity index (χ1n) is 14.7. The Morgan fingerprint density at radius 2 is 1.00 bits per heavy atom. The minimum atomic E-state index is -0.419. The third kappa shape index (κ3) is 11.8. The fraction of sp³-hybridized carbons (Fsp3) is 0.455. The highest BCUT2D eigenvalue weighted by molar-refractivity contribution is 5.88. The average molecular weight is 578 g/mol. The number of carbonyl (C=O) groups is 1. The van der Waals surface area contributed by atoms with Crippen molar-refractivity contribution in [2.75, 3.05) is 27.4 Å². The van der Waals surface area contributed by atoms with E-state index >= 15 is 0 Å². The molecule has 0 aliphatic heterocycles. The molecule has 0 saturated carbocycles. The maximum atomic E-state index is 11.7. The number of hydrogen-bond acceptors (Lipinski definition) is 9. The third-order valence-corrected chi connectivity index (χ3v) is 6.58. The highest BCUT2D eigenvalue weighted by Crippen LogP contribution is 2.25. The highest BCUT2D eigenvalue weighted by atomic mass is 16.5. The minimum absolute atomic E-state index is 0.182. The molecule has 1 aromatic heterocycles. The maximum Gasteiger partial charge on any atom is 0.338 e. The lowest BCUT2D eigenvalue weighted by molar-refractivity contribution is -0.130. The van der Waals surface area contributed by atoms with Gasteiger partial charge in [-0.1, -0.05) is 82.2 Å². The first-order valence-corrected chi connectivity index (χ1v) is 14.7. The molecule has 0 aliphatic rings. The average Bonchev–Trinajstić information content (AvgIpc) is 3.01. The second-order valence-electron chi connectivity index (χ2n) is 10.0. The van der Waals surface area contributed by atoms with Gasteiger partial charge in [-0.15, -0.1) is 15.0 Å². The lowest BCUT2D eigenvalue weighted by Crippen LogP contribution is -2.07. The summed E-state index contributed by atoms with van der Waals surface area (Å²) in [5.74, 6) is 0.965. The summed E-state index contributed by atoms with van der Waals surface area (Å²) in [6, 6.07) is 16.1. The summed E-state index contributed by atoms with van der Waals surface area (Å²) in [7, 11) is 2.99. The largest absolute Gasteiger partial charge is 0.494 e. The van der Waals surface area contributed by atoms with E-state index in [4.69, 9.17) is 23.7 Å². The van der Waals surface area contributed by atoms with Gasteiger partial charge in [-0.25, -0.2) is 4.79 Å². The van der Waals surface area contributed by atoms with E-state index in [2.05, 4.69) is 21.5 Å². The van der Waals surface area contributed by atoms with Gasteiger partial charge in [0.05, 0.1) is 27.4 Å². The first kappa shape index (κ1) is 32.4. The van der Waals surface area contributed by atoms with E-state index in [0.717, 1.165) is 42.7 Å². The van der Waals surface area contributed by atoms with Crippen LogP contribution in [0.5, 0.6) is 29.5 Å². The topological polar surface area (TPSA) is 102 Å². The van der Waals surface area contributed by atoms with E-state index in [1.165, 1.54) is 59.2 Å². The molecule has 9 nitrogen and oxygen atoms in total. The first-order chi connectivity index (χ1) is 20.5. The summed E-state index contributed by atoms with van der Waals surface area (Å²) in [4.78, 5) is 23.7. The Labute approximate surface area is 249 Å². The summed E-state index contributed by atoms with van der Waals surface area (Å²) < 4.78 is 26.8. The molecule has 226 valence electrons. The van der Waals surface area contributed by atoms with Gasteiger partial charge in [0.2, 0.25) is 0 Å². The van der Waals surface area contributed by atoms with Gasteiger partial charge in [-0.05, 0) is 55.2 Å². The standard InChI is InChI=1S/C33H43N3O6/c1-25(2)30(37)42-29-21-17-27(18-22-29)26-15-19-28(20-16-26)40-23-13-11-9-7-5-6-8-10-12-14-24-41-33-35-31(38-3)34-32(36-33)39-4/h15-22H,1,5-14,23-24H2,2-4H3. The predicted octanol–water partition coefficient (Wildman–Crippen LogP) is 7.40. The van der Waals surface area contributed by atoms with Crippen LogP contribution in [0.4, 0.5) is 0 Å². The fourth-order valence-corrected chi connectivity index (χ4v) is 4.19. The molecule has 0 aliphatic carbocycles. The molecule has 0 N–H and O–H groups in total. The van der Waals surface area contributed by atoms with Crippen LogP contribution in [0.15, 0.2) is 60.7 Å². The molecule has 2 aromatic carbocycles. The van der Waals surface area contributed by atoms with Crippen LogP contribution in [0.25, 0.3) is 11.1 Å². The van der Waals surface area contributed by atoms with Crippen LogP contribution in [-0.2, 0) is 4.79 Å². The Morgan fingerprint density at radius 1 is 0.595 bits per heavy atom. The third-order valence-electron chi connectivity index (χ3n) is 6.58. The van der Waals surface area contributed by atoms with E-state index < -0.39 is 5.97 Å². The molecule has 1 heterocycles. The molecule has 0 unspecified atom stereocenters. The quantitative estimate of drug-likeness (QED) is 0.0588. The van der Waals surface area contributed by atoms with Crippen LogP contribution in [0.2, 0.25) is 0 Å². The normalized spacial score (nSPS) is 10.6. The molecule has 0 fully saturated rings. The molecular weight excluding hydrogens is 534 g/mol. The van der Waals surface area contributed by atoms with Crippen LogP contribution in [-0.4, -0.2) is 48.4 Å². The number of carbonyl (C=O) groups excluding carboxylic acids is 1. The van der Waals surface area contributed by atoms with Crippen molar-refractivity contribution < 1.29 is 28.5 Å². The van der Waals surface area contributed by atoms with Gasteiger partial charge in [0.15, 0.2) is 0 Å². The van der Waals surface area contributed by atoms with E-state index in [1.807, 2.05) is 36.4 Å². The van der Waals surface area contributed by atoms with Crippen LogP contribution in [0.1, 0.15) is 71.1 Å². The molecule has 9 heteroatoms. The highest BCUT2D eigenvalue weighted by Gasteiger charge is 2.08. The SMILES string of the molecule is C=C(C)C(=O)Oc1ccc(-c2ccc(OCCCCCCCCCCCCOc3nc(OC)nc(OC)n3)cc2)cc1. The van der Waals surface area contributed by atoms with Crippen molar-refractivity contribution in [2.24, 2.45) is 0 Å². The zero-order valence-electron chi connectivity index (χ0n) is 25.1. The molecule has 0 amide bonds. The number of rotatable bonds is 20. The van der Waals surface area contributed by atoms with Crippen molar-refractivity contribution in [2.45, 2.75) is 71.1 Å². The van der Waals surface area contributed by atoms with E-state index in [-0.39, 0.29) is 18.0 Å². The number of nitrogens with zero attached hydrogens (tertiary/aromatic N) is 3. The Morgan fingerprint density at radius 3 is 1.45 bits per heavy atom. The van der Waals surface area contributed by atoms with Crippen LogP contribution >= 0.6 is 0 Å². The van der Waals surface area contributed by atoms with Crippen LogP contribution < -0.4 is 23.7 Å². The predicted molar refractivity (Wildman–Crippen MR) is 162 cm³/mol. The molecule has 3 aromatic rings. The Bertz CT molecular complexity index is 1210. The van der Waals surface area contributed by atoms with Crippen LogP contribution in [0, 0.1) is 0 Å². The molecule has 0 spiro atoms. The Hall–Kier alpha value is -4.14. The summed E-state index contributed by atoms with van der Waals surface area (Å²) in [5.41, 5.74) is 2.50. The zero-order chi connectivity index (χ0) is 30.0. The smallest absolute Gasteiger partial charge is 0.338 e. The molecular formula is C33H43N3O6. The van der Waals surface area contributed by atoms with E-state index in [9.17, 15) is 4.79 Å². The number of esters is 1. The summed E-state index contributed by atoms with van der Waals surface area (Å²) in [5, 5.41) is 0. The summed E-state index contributed by atoms with van der Waals surface area (Å²) in [6.45, 7) is 6.52. The second kappa shape index (κ2) is 18.3. The van der Waals surface area contributed by atoms with Crippen molar-refractivity contribution in [3.8, 4) is 40.7 Å². The van der Waals surface area contributed by atoms with Gasteiger partial charge in [0.1, 0.15) is 11.5 Å². The lowest BCUT2D eigenvalue weighted by Gasteiger charge is -2.09. The van der Waals surface area contributed by atoms with Gasteiger partial charge in [-0.3, -0.25) is 0 Å². The minimum Gasteiger partial charge on any atom is -0.494 e. The summed E-state index contributed by atoms with van der Waals surface area (Å²) in [6.07, 6.45) is 11.8. The van der Waals surface area contributed by atoms with Gasteiger partial charge in [0, 0.05) is 5.57 Å². The van der Waals surface area contributed by atoms with Gasteiger partial charge in [0.25, 0.3) is 0 Å². The van der Waals surface area contributed by atoms with Crippen molar-refractivity contribution in [3.05, 3.63) is 60.7 Å². The molecule has 0 bridgehead atoms.